The minimum atomic E-state index is -0.934. The summed E-state index contributed by atoms with van der Waals surface area (Å²) in [6.07, 6.45) is 0. The number of benzene rings is 2. The van der Waals surface area contributed by atoms with Crippen molar-refractivity contribution in [2.75, 3.05) is 12.0 Å². The van der Waals surface area contributed by atoms with Crippen molar-refractivity contribution < 1.29 is 14.3 Å². The van der Waals surface area contributed by atoms with Crippen LogP contribution in [0.25, 0.3) is 0 Å². The number of para-hydroxylation sites is 1. The summed E-state index contributed by atoms with van der Waals surface area (Å²) in [5.41, 5.74) is 0.895. The number of carbonyl (C=O) groups is 2. The average Bonchev–Trinajstić information content (AvgIpc) is 3.25. The predicted molar refractivity (Wildman–Crippen MR) is 117 cm³/mol. The van der Waals surface area contributed by atoms with Crippen LogP contribution in [-0.4, -0.2) is 34.1 Å². The van der Waals surface area contributed by atoms with E-state index in [-0.39, 0.29) is 11.6 Å². The van der Waals surface area contributed by atoms with Crippen LogP contribution in [0.3, 0.4) is 0 Å². The second-order valence-electron chi connectivity index (χ2n) is 7.72. The molecule has 3 aromatic rings. The number of nitrogens with zero attached hydrogens (tertiary/aromatic N) is 3. The fraction of sp³-hybridized carbons (Fsp3) is 0.273. The molecule has 0 saturated heterocycles. The number of rotatable bonds is 6. The van der Waals surface area contributed by atoms with Gasteiger partial charge in [-0.05, 0) is 62.1 Å². The van der Waals surface area contributed by atoms with Crippen molar-refractivity contribution in [1.29, 1.82) is 0 Å². The number of hydrogen-bond acceptors (Lipinski definition) is 6. The Bertz CT molecular complexity index is 1000. The van der Waals surface area contributed by atoms with Crippen LogP contribution in [0, 0.1) is 0 Å². The van der Waals surface area contributed by atoms with Crippen molar-refractivity contribution >= 4 is 29.0 Å². The summed E-state index contributed by atoms with van der Waals surface area (Å²) in [7, 11) is 1.56. The molecular weight excluding hydrogens is 400 g/mol. The van der Waals surface area contributed by atoms with E-state index < -0.39 is 17.5 Å². The van der Waals surface area contributed by atoms with Gasteiger partial charge in [0.1, 0.15) is 11.8 Å². The number of amides is 2. The molecule has 1 unspecified atom stereocenters. The topological polar surface area (TPSA) is 84.4 Å². The molecule has 2 amide bonds. The molecule has 0 fully saturated rings. The number of carbonyl (C=O) groups excluding carboxylic acids is 2. The summed E-state index contributed by atoms with van der Waals surface area (Å²) in [5.74, 6) is -0.125. The van der Waals surface area contributed by atoms with Gasteiger partial charge in [0.15, 0.2) is 5.69 Å². The largest absolute Gasteiger partial charge is 0.497 e. The minimum absolute atomic E-state index is 0.181. The zero-order valence-corrected chi connectivity index (χ0v) is 18.1. The fourth-order valence-corrected chi connectivity index (χ4v) is 3.45. The lowest BCUT2D eigenvalue weighted by Gasteiger charge is -2.33. The van der Waals surface area contributed by atoms with E-state index in [1.807, 2.05) is 39.0 Å². The molecule has 0 aliphatic rings. The van der Waals surface area contributed by atoms with Crippen molar-refractivity contribution in [2.45, 2.75) is 32.4 Å². The first-order valence-corrected chi connectivity index (χ1v) is 10.3. The second kappa shape index (κ2) is 9.04. The molecule has 8 heteroatoms. The maximum atomic E-state index is 13.5. The molecule has 30 heavy (non-hydrogen) atoms. The Morgan fingerprint density at radius 2 is 1.83 bits per heavy atom. The van der Waals surface area contributed by atoms with Crippen molar-refractivity contribution in [3.05, 3.63) is 71.2 Å². The van der Waals surface area contributed by atoms with Crippen LogP contribution in [0.4, 0.5) is 5.69 Å². The van der Waals surface area contributed by atoms with Crippen LogP contribution in [0.15, 0.2) is 60.0 Å². The normalized spacial score (nSPS) is 12.1. The lowest BCUT2D eigenvalue weighted by Crippen LogP contribution is -2.49. The van der Waals surface area contributed by atoms with Crippen LogP contribution in [-0.2, 0) is 4.79 Å². The first-order valence-electron chi connectivity index (χ1n) is 9.42. The number of methoxy groups -OCH3 is 1. The van der Waals surface area contributed by atoms with Crippen LogP contribution in [0.2, 0.25) is 0 Å². The van der Waals surface area contributed by atoms with E-state index in [1.54, 1.807) is 48.9 Å². The molecule has 156 valence electrons. The first-order chi connectivity index (χ1) is 14.3. The monoisotopic (exact) mass is 424 g/mol. The molecule has 2 aromatic carbocycles. The summed E-state index contributed by atoms with van der Waals surface area (Å²) in [6, 6.07) is 15.3. The van der Waals surface area contributed by atoms with Gasteiger partial charge in [-0.15, -0.1) is 5.10 Å². The molecule has 3 rings (SSSR count). The predicted octanol–water partition coefficient (Wildman–Crippen LogP) is 3.85. The molecule has 0 saturated carbocycles. The standard InChI is InChI=1S/C22H24N4O3S/c1-22(2,3)23-20(27)19(15-9-8-12-17(13-15)29-4)26(16-10-6-5-7-11-16)21(28)18-14-30-25-24-18/h5-14,19H,1-4H3,(H,23,27). The molecule has 0 bridgehead atoms. The lowest BCUT2D eigenvalue weighted by atomic mass is 10.00. The third kappa shape index (κ3) is 5.01. The zero-order chi connectivity index (χ0) is 21.7. The summed E-state index contributed by atoms with van der Waals surface area (Å²) in [6.45, 7) is 5.69. The number of nitrogens with one attached hydrogen (secondary N) is 1. The maximum Gasteiger partial charge on any atom is 0.280 e. The molecular formula is C22H24N4O3S. The Kier molecular flexibility index (Phi) is 6.47. The van der Waals surface area contributed by atoms with Crippen LogP contribution in [0.5, 0.6) is 5.75 Å². The summed E-state index contributed by atoms with van der Waals surface area (Å²) >= 11 is 1.08. The van der Waals surface area contributed by atoms with Crippen LogP contribution in [0.1, 0.15) is 42.9 Å². The number of ether oxygens (including phenoxy) is 1. The number of anilines is 1. The average molecular weight is 425 g/mol. The highest BCUT2D eigenvalue weighted by Gasteiger charge is 2.35. The van der Waals surface area contributed by atoms with E-state index in [0.29, 0.717) is 17.0 Å². The van der Waals surface area contributed by atoms with Gasteiger partial charge in [-0.25, -0.2) is 0 Å². The molecule has 1 N–H and O–H groups in total. The maximum absolute atomic E-state index is 13.5. The van der Waals surface area contributed by atoms with Gasteiger partial charge >= 0.3 is 0 Å². The molecule has 1 heterocycles. The Morgan fingerprint density at radius 3 is 2.43 bits per heavy atom. The van der Waals surface area contributed by atoms with Gasteiger partial charge in [0, 0.05) is 16.6 Å². The van der Waals surface area contributed by atoms with Gasteiger partial charge in [0.05, 0.1) is 7.11 Å². The Labute approximate surface area is 179 Å². The molecule has 0 aliphatic carbocycles. The highest BCUT2D eigenvalue weighted by Crippen LogP contribution is 2.31. The van der Waals surface area contributed by atoms with E-state index in [2.05, 4.69) is 14.9 Å². The van der Waals surface area contributed by atoms with Gasteiger partial charge < -0.3 is 10.1 Å². The highest BCUT2D eigenvalue weighted by atomic mass is 32.1. The van der Waals surface area contributed by atoms with E-state index in [9.17, 15) is 9.59 Å². The Balaban J connectivity index is 2.17. The van der Waals surface area contributed by atoms with E-state index in [1.165, 1.54) is 4.90 Å². The van der Waals surface area contributed by atoms with Crippen LogP contribution >= 0.6 is 11.5 Å². The minimum Gasteiger partial charge on any atom is -0.497 e. The van der Waals surface area contributed by atoms with Gasteiger partial charge in [-0.1, -0.05) is 34.8 Å². The third-order valence-electron chi connectivity index (χ3n) is 4.25. The van der Waals surface area contributed by atoms with Crippen LogP contribution < -0.4 is 15.0 Å². The van der Waals surface area contributed by atoms with Crippen molar-refractivity contribution in [1.82, 2.24) is 14.9 Å². The Hall–Kier alpha value is -3.26. The SMILES string of the molecule is COc1cccc(C(C(=O)NC(C)(C)C)N(C(=O)c2csnn2)c2ccccc2)c1. The smallest absolute Gasteiger partial charge is 0.280 e. The number of hydrogen-bond donors (Lipinski definition) is 1. The molecule has 0 radical (unpaired) electrons. The molecule has 1 atom stereocenters. The van der Waals surface area contributed by atoms with E-state index in [0.717, 1.165) is 11.5 Å². The third-order valence-corrected chi connectivity index (χ3v) is 4.75. The van der Waals surface area contributed by atoms with Crippen molar-refractivity contribution in [3.63, 3.8) is 0 Å². The summed E-state index contributed by atoms with van der Waals surface area (Å²) < 4.78 is 9.15. The zero-order valence-electron chi connectivity index (χ0n) is 17.3. The Morgan fingerprint density at radius 1 is 1.10 bits per heavy atom. The van der Waals surface area contributed by atoms with E-state index in [4.69, 9.17) is 4.74 Å². The summed E-state index contributed by atoms with van der Waals surface area (Å²) in [4.78, 5) is 28.4. The van der Waals surface area contributed by atoms with Crippen molar-refractivity contribution in [3.8, 4) is 5.75 Å². The van der Waals surface area contributed by atoms with Crippen molar-refractivity contribution in [2.24, 2.45) is 0 Å². The van der Waals surface area contributed by atoms with Gasteiger partial charge in [-0.3, -0.25) is 14.5 Å². The molecule has 0 aliphatic heterocycles. The second-order valence-corrected chi connectivity index (χ2v) is 8.33. The molecule has 1 aromatic heterocycles. The lowest BCUT2D eigenvalue weighted by molar-refractivity contribution is -0.123. The first kappa shape index (κ1) is 21.4. The summed E-state index contributed by atoms with van der Waals surface area (Å²) in [5, 5.41) is 8.50. The van der Waals surface area contributed by atoms with Gasteiger partial charge in [0.25, 0.3) is 5.91 Å². The van der Waals surface area contributed by atoms with Gasteiger partial charge in [-0.2, -0.15) is 0 Å². The quantitative estimate of drug-likeness (QED) is 0.650. The van der Waals surface area contributed by atoms with E-state index >= 15 is 0 Å². The highest BCUT2D eigenvalue weighted by molar-refractivity contribution is 7.03. The fourth-order valence-electron chi connectivity index (χ4n) is 3.02. The van der Waals surface area contributed by atoms with Gasteiger partial charge in [0.2, 0.25) is 5.91 Å². The molecule has 0 spiro atoms. The molecule has 7 nitrogen and oxygen atoms in total. The number of aromatic nitrogens is 2.